The number of benzene rings is 1. The van der Waals surface area contributed by atoms with E-state index in [1.165, 1.54) is 5.56 Å². The van der Waals surface area contributed by atoms with Gasteiger partial charge in [-0.1, -0.05) is 11.6 Å². The fourth-order valence-corrected chi connectivity index (χ4v) is 5.29. The first-order valence-electron chi connectivity index (χ1n) is 11.5. The Hall–Kier alpha value is -1.99. The van der Waals surface area contributed by atoms with Crippen LogP contribution < -0.4 is 0 Å². The van der Waals surface area contributed by atoms with Crippen molar-refractivity contribution in [3.63, 3.8) is 0 Å². The molecule has 176 valence electrons. The van der Waals surface area contributed by atoms with E-state index in [0.29, 0.717) is 31.2 Å². The summed E-state index contributed by atoms with van der Waals surface area (Å²) in [5.41, 5.74) is 2.79. The van der Waals surface area contributed by atoms with Crippen LogP contribution in [-0.2, 0) is 22.4 Å². The number of likely N-dealkylation sites (tertiary alicyclic amines) is 2. The Kier molecular flexibility index (Phi) is 6.59. The molecule has 32 heavy (non-hydrogen) atoms. The number of halogens is 1. The van der Waals surface area contributed by atoms with Crippen molar-refractivity contribution in [2.45, 2.75) is 70.7 Å². The fourth-order valence-electron chi connectivity index (χ4n) is 5.04. The third-order valence-electron chi connectivity index (χ3n) is 6.60. The molecule has 0 spiro atoms. The summed E-state index contributed by atoms with van der Waals surface area (Å²) >= 11 is 6.49. The van der Waals surface area contributed by atoms with Gasteiger partial charge in [0.15, 0.2) is 0 Å². The van der Waals surface area contributed by atoms with Gasteiger partial charge >= 0.3 is 12.1 Å². The number of urea groups is 1. The first-order valence-corrected chi connectivity index (χ1v) is 11.9. The van der Waals surface area contributed by atoms with Gasteiger partial charge in [0.1, 0.15) is 5.60 Å². The van der Waals surface area contributed by atoms with Crippen LogP contribution in [0.2, 0.25) is 5.02 Å². The minimum atomic E-state index is -0.545. The second kappa shape index (κ2) is 9.10. The van der Waals surface area contributed by atoms with Gasteiger partial charge in [-0.05, 0) is 75.3 Å². The zero-order valence-corrected chi connectivity index (χ0v) is 20.3. The third kappa shape index (κ3) is 4.84. The van der Waals surface area contributed by atoms with E-state index in [2.05, 4.69) is 0 Å². The van der Waals surface area contributed by atoms with Gasteiger partial charge in [0.2, 0.25) is 0 Å². The lowest BCUT2D eigenvalue weighted by atomic mass is 9.90. The summed E-state index contributed by atoms with van der Waals surface area (Å²) in [4.78, 5) is 31.7. The summed E-state index contributed by atoms with van der Waals surface area (Å²) < 4.78 is 11.1. The quantitative estimate of drug-likeness (QED) is 0.642. The standard InChI is InChI=1S/C24H34ClN3O4/c1-24(2,3)32-23(30)28-9-5-6-21(28)19-13-17(25)12-16-7-10-27(15-20(16)19)22(29)26-11-8-18(14-26)31-4/h12-13,18,21H,5-11,14-15H2,1-4H3/t18-,21-/m0/s1. The van der Waals surface area contributed by atoms with Gasteiger partial charge in [0.25, 0.3) is 0 Å². The second-order valence-electron chi connectivity index (χ2n) is 10.0. The van der Waals surface area contributed by atoms with Gasteiger partial charge in [-0.25, -0.2) is 9.59 Å². The van der Waals surface area contributed by atoms with E-state index >= 15 is 0 Å². The Morgan fingerprint density at radius 2 is 1.88 bits per heavy atom. The first-order chi connectivity index (χ1) is 15.2. The highest BCUT2D eigenvalue weighted by molar-refractivity contribution is 6.30. The van der Waals surface area contributed by atoms with E-state index < -0.39 is 5.60 Å². The van der Waals surface area contributed by atoms with Crippen LogP contribution >= 0.6 is 11.6 Å². The number of nitrogens with zero attached hydrogens (tertiary/aromatic N) is 3. The lowest BCUT2D eigenvalue weighted by molar-refractivity contribution is 0.0223. The molecule has 4 rings (SSSR count). The van der Waals surface area contributed by atoms with Gasteiger partial charge in [0.05, 0.1) is 12.1 Å². The van der Waals surface area contributed by atoms with Crippen molar-refractivity contribution in [3.8, 4) is 0 Å². The molecular weight excluding hydrogens is 430 g/mol. The average molecular weight is 464 g/mol. The van der Waals surface area contributed by atoms with Crippen LogP contribution in [0.1, 0.15) is 62.8 Å². The van der Waals surface area contributed by atoms with E-state index in [9.17, 15) is 9.59 Å². The molecule has 3 aliphatic heterocycles. The van der Waals surface area contributed by atoms with Crippen LogP contribution in [0.5, 0.6) is 0 Å². The molecule has 1 aromatic carbocycles. The van der Waals surface area contributed by atoms with E-state index in [1.807, 2.05) is 47.6 Å². The highest BCUT2D eigenvalue weighted by Gasteiger charge is 2.37. The van der Waals surface area contributed by atoms with Gasteiger partial charge in [-0.2, -0.15) is 0 Å². The number of hydrogen-bond acceptors (Lipinski definition) is 4. The normalized spacial score (nSPS) is 23.5. The van der Waals surface area contributed by atoms with Crippen LogP contribution in [0, 0.1) is 0 Å². The number of amides is 3. The van der Waals surface area contributed by atoms with Crippen LogP contribution in [-0.4, -0.2) is 71.8 Å². The lowest BCUT2D eigenvalue weighted by Gasteiger charge is -2.36. The molecule has 0 bridgehead atoms. The lowest BCUT2D eigenvalue weighted by Crippen LogP contribution is -2.45. The summed E-state index contributed by atoms with van der Waals surface area (Å²) in [6.07, 6.45) is 3.24. The van der Waals surface area contributed by atoms with E-state index in [-0.39, 0.29) is 24.3 Å². The molecule has 2 atom stereocenters. The van der Waals surface area contributed by atoms with E-state index in [4.69, 9.17) is 21.1 Å². The molecule has 0 radical (unpaired) electrons. The SMILES string of the molecule is CO[C@H]1CCN(C(=O)N2CCc3cc(Cl)cc([C@@H]4CCCN4C(=O)OC(C)(C)C)c3C2)C1. The molecule has 0 aliphatic carbocycles. The summed E-state index contributed by atoms with van der Waals surface area (Å²) in [5, 5.41) is 0.678. The second-order valence-corrected chi connectivity index (χ2v) is 10.4. The maximum Gasteiger partial charge on any atom is 0.410 e. The molecule has 7 nitrogen and oxygen atoms in total. The Morgan fingerprint density at radius 3 is 2.56 bits per heavy atom. The van der Waals surface area contributed by atoms with Crippen molar-refractivity contribution in [1.29, 1.82) is 0 Å². The minimum Gasteiger partial charge on any atom is -0.444 e. The molecule has 1 aromatic rings. The smallest absolute Gasteiger partial charge is 0.410 e. The summed E-state index contributed by atoms with van der Waals surface area (Å²) in [6, 6.07) is 3.95. The van der Waals surface area contributed by atoms with Gasteiger partial charge < -0.3 is 24.2 Å². The van der Waals surface area contributed by atoms with E-state index in [1.54, 1.807) is 7.11 Å². The zero-order chi connectivity index (χ0) is 23.0. The number of fused-ring (bicyclic) bond motifs is 1. The average Bonchev–Trinajstić information content (AvgIpc) is 3.40. The van der Waals surface area contributed by atoms with Crippen molar-refractivity contribution in [1.82, 2.24) is 14.7 Å². The highest BCUT2D eigenvalue weighted by atomic mass is 35.5. The van der Waals surface area contributed by atoms with Crippen LogP contribution in [0.25, 0.3) is 0 Å². The van der Waals surface area contributed by atoms with Crippen molar-refractivity contribution in [2.24, 2.45) is 0 Å². The molecule has 0 unspecified atom stereocenters. The van der Waals surface area contributed by atoms with Crippen molar-refractivity contribution in [3.05, 3.63) is 33.8 Å². The molecule has 8 heteroatoms. The first kappa shape index (κ1) is 23.2. The van der Waals surface area contributed by atoms with Crippen LogP contribution in [0.15, 0.2) is 12.1 Å². The summed E-state index contributed by atoms with van der Waals surface area (Å²) in [7, 11) is 1.70. The monoisotopic (exact) mass is 463 g/mol. The predicted octanol–water partition coefficient (Wildman–Crippen LogP) is 4.61. The molecule has 0 aromatic heterocycles. The molecule has 0 N–H and O–H groups in total. The highest BCUT2D eigenvalue weighted by Crippen LogP contribution is 2.39. The number of methoxy groups -OCH3 is 1. The molecule has 2 fully saturated rings. The van der Waals surface area contributed by atoms with Crippen LogP contribution in [0.3, 0.4) is 0 Å². The fraction of sp³-hybridized carbons (Fsp3) is 0.667. The Morgan fingerprint density at radius 1 is 1.09 bits per heavy atom. The van der Waals surface area contributed by atoms with Gasteiger partial charge in [-0.3, -0.25) is 0 Å². The molecule has 3 heterocycles. The molecule has 3 amide bonds. The Balaban J connectivity index is 1.57. The number of carbonyl (C=O) groups excluding carboxylic acids is 2. The number of carbonyl (C=O) groups is 2. The third-order valence-corrected chi connectivity index (χ3v) is 6.82. The van der Waals surface area contributed by atoms with Crippen LogP contribution in [0.4, 0.5) is 9.59 Å². The minimum absolute atomic E-state index is 0.0616. The van der Waals surface area contributed by atoms with Crippen molar-refractivity contribution >= 4 is 23.7 Å². The van der Waals surface area contributed by atoms with Gasteiger partial charge in [0, 0.05) is 44.9 Å². The topological polar surface area (TPSA) is 62.3 Å². The maximum absolute atomic E-state index is 13.2. The Bertz CT molecular complexity index is 885. The zero-order valence-electron chi connectivity index (χ0n) is 19.5. The molecule has 0 saturated carbocycles. The van der Waals surface area contributed by atoms with Crippen molar-refractivity contribution < 1.29 is 19.1 Å². The molecule has 3 aliphatic rings. The van der Waals surface area contributed by atoms with Crippen molar-refractivity contribution in [2.75, 3.05) is 33.3 Å². The molecular formula is C24H34ClN3O4. The predicted molar refractivity (Wildman–Crippen MR) is 123 cm³/mol. The summed E-state index contributed by atoms with van der Waals surface area (Å²) in [5.74, 6) is 0. The summed E-state index contributed by atoms with van der Waals surface area (Å²) in [6.45, 7) is 8.88. The molecule has 2 saturated heterocycles. The largest absolute Gasteiger partial charge is 0.444 e. The van der Waals surface area contributed by atoms with Gasteiger partial charge in [-0.15, -0.1) is 0 Å². The number of hydrogen-bond donors (Lipinski definition) is 0. The Labute approximate surface area is 195 Å². The number of ether oxygens (including phenoxy) is 2. The maximum atomic E-state index is 13.2. The number of rotatable bonds is 2. The van der Waals surface area contributed by atoms with E-state index in [0.717, 1.165) is 43.4 Å².